The Morgan fingerprint density at radius 2 is 1.79 bits per heavy atom. The molecular formula is C27H34N2O3Si. The molecule has 1 unspecified atom stereocenters. The van der Waals surface area contributed by atoms with Gasteiger partial charge in [-0.05, 0) is 53.9 Å². The van der Waals surface area contributed by atoms with Crippen molar-refractivity contribution >= 4 is 32.0 Å². The highest BCUT2D eigenvalue weighted by atomic mass is 28.4. The quantitative estimate of drug-likeness (QED) is 0.373. The number of rotatable bonds is 5. The average Bonchev–Trinajstić information content (AvgIpc) is 3.01. The normalized spacial score (nSPS) is 20.5. The summed E-state index contributed by atoms with van der Waals surface area (Å²) in [4.78, 5) is 30.0. The maximum Gasteiger partial charge on any atom is 0.332 e. The molecule has 0 saturated carbocycles. The summed E-state index contributed by atoms with van der Waals surface area (Å²) in [6, 6.07) is 12.4. The molecule has 33 heavy (non-hydrogen) atoms. The van der Waals surface area contributed by atoms with E-state index in [1.165, 1.54) is 4.90 Å². The van der Waals surface area contributed by atoms with Gasteiger partial charge in [-0.25, -0.2) is 9.69 Å². The van der Waals surface area contributed by atoms with Crippen LogP contribution in [0.3, 0.4) is 0 Å². The van der Waals surface area contributed by atoms with Gasteiger partial charge in [-0.3, -0.25) is 4.79 Å². The highest BCUT2D eigenvalue weighted by Gasteiger charge is 2.52. The van der Waals surface area contributed by atoms with Gasteiger partial charge in [-0.1, -0.05) is 64.6 Å². The van der Waals surface area contributed by atoms with E-state index in [4.69, 9.17) is 4.43 Å². The molecule has 1 fully saturated rings. The molecule has 2 heterocycles. The van der Waals surface area contributed by atoms with Crippen LogP contribution in [0.2, 0.25) is 18.1 Å². The molecule has 0 aliphatic carbocycles. The van der Waals surface area contributed by atoms with Crippen LogP contribution in [0, 0.1) is 0 Å². The van der Waals surface area contributed by atoms with Gasteiger partial charge in [0.25, 0.3) is 14.2 Å². The van der Waals surface area contributed by atoms with E-state index in [9.17, 15) is 9.59 Å². The minimum atomic E-state index is -2.06. The molecule has 3 amide bonds. The number of hydrogen-bond donors (Lipinski definition) is 0. The number of hydrogen-bond acceptors (Lipinski definition) is 3. The second kappa shape index (κ2) is 8.17. The van der Waals surface area contributed by atoms with Gasteiger partial charge in [0.05, 0.1) is 11.7 Å². The van der Waals surface area contributed by atoms with Crippen LogP contribution in [0.25, 0.3) is 6.08 Å². The number of anilines is 1. The summed E-state index contributed by atoms with van der Waals surface area (Å²) in [6.07, 6.45) is 3.04. The lowest BCUT2D eigenvalue weighted by Crippen LogP contribution is -2.45. The van der Waals surface area contributed by atoms with E-state index in [0.29, 0.717) is 12.1 Å². The molecule has 1 saturated heterocycles. The smallest absolute Gasteiger partial charge is 0.332 e. The molecule has 2 aliphatic heterocycles. The van der Waals surface area contributed by atoms with Crippen molar-refractivity contribution in [2.45, 2.75) is 70.8 Å². The van der Waals surface area contributed by atoms with Crippen molar-refractivity contribution in [1.29, 1.82) is 0 Å². The number of urea groups is 1. The molecule has 0 radical (unpaired) electrons. The van der Waals surface area contributed by atoms with Gasteiger partial charge in [0.15, 0.2) is 0 Å². The third kappa shape index (κ3) is 3.70. The molecule has 2 aromatic carbocycles. The van der Waals surface area contributed by atoms with E-state index in [2.05, 4.69) is 53.4 Å². The predicted octanol–water partition coefficient (Wildman–Crippen LogP) is 6.56. The van der Waals surface area contributed by atoms with Crippen LogP contribution in [0.5, 0.6) is 5.75 Å². The predicted molar refractivity (Wildman–Crippen MR) is 136 cm³/mol. The fourth-order valence-corrected chi connectivity index (χ4v) is 5.70. The number of para-hydroxylation sites is 1. The van der Waals surface area contributed by atoms with Gasteiger partial charge in [0, 0.05) is 12.0 Å². The SMILES string of the molecule is C=Cc1c(O[Si](C)(C)C(C)(C)C)ccc2c1C[C@H]1C(=O)N(c3ccccc3)C(=O)N1C2CC. The molecule has 0 N–H and O–H groups in total. The van der Waals surface area contributed by atoms with Gasteiger partial charge in [-0.15, -0.1) is 0 Å². The number of nitrogens with zero attached hydrogens (tertiary/aromatic N) is 2. The van der Waals surface area contributed by atoms with Crippen molar-refractivity contribution < 1.29 is 14.0 Å². The molecule has 6 heteroatoms. The van der Waals surface area contributed by atoms with Crippen LogP contribution >= 0.6 is 0 Å². The highest BCUT2D eigenvalue weighted by molar-refractivity contribution is 6.74. The maximum absolute atomic E-state index is 13.5. The van der Waals surface area contributed by atoms with Crippen molar-refractivity contribution in [2.24, 2.45) is 0 Å². The molecule has 4 rings (SSSR count). The van der Waals surface area contributed by atoms with Crippen molar-refractivity contribution in [2.75, 3.05) is 4.90 Å². The Labute approximate surface area is 198 Å². The molecular weight excluding hydrogens is 428 g/mol. The first-order valence-electron chi connectivity index (χ1n) is 11.7. The number of imide groups is 1. The van der Waals surface area contributed by atoms with E-state index in [1.807, 2.05) is 42.5 Å². The minimum Gasteiger partial charge on any atom is -0.543 e. The van der Waals surface area contributed by atoms with Crippen molar-refractivity contribution in [3.63, 3.8) is 0 Å². The minimum absolute atomic E-state index is 0.0636. The fourth-order valence-electron chi connectivity index (χ4n) is 4.66. The van der Waals surface area contributed by atoms with Gasteiger partial charge in [-0.2, -0.15) is 0 Å². The Morgan fingerprint density at radius 3 is 2.36 bits per heavy atom. The molecule has 2 atom stereocenters. The number of fused-ring (bicyclic) bond motifs is 2. The van der Waals surface area contributed by atoms with E-state index in [0.717, 1.165) is 28.9 Å². The standard InChI is InChI=1S/C27H34N2O3Si/c1-8-19-21-17-23-25(30)28(18-13-11-10-12-14-18)26(31)29(23)22(9-2)20(21)15-16-24(19)32-33(6,7)27(3,4)5/h8,10-16,22-23H,1,9,17H2,2-7H3/t22?,23-/m0/s1. The topological polar surface area (TPSA) is 49.9 Å². The molecule has 174 valence electrons. The number of carbonyl (C=O) groups excluding carboxylic acids is 2. The van der Waals surface area contributed by atoms with Crippen LogP contribution < -0.4 is 9.33 Å². The molecule has 2 aliphatic rings. The van der Waals surface area contributed by atoms with Crippen LogP contribution in [0.1, 0.15) is 56.8 Å². The first-order valence-corrected chi connectivity index (χ1v) is 14.6. The summed E-state index contributed by atoms with van der Waals surface area (Å²) in [5.41, 5.74) is 3.73. The average molecular weight is 463 g/mol. The second-order valence-corrected chi connectivity index (χ2v) is 15.2. The lowest BCUT2D eigenvalue weighted by Gasteiger charge is -2.40. The molecule has 5 nitrogen and oxygen atoms in total. The van der Waals surface area contributed by atoms with E-state index >= 15 is 0 Å². The molecule has 2 aromatic rings. The van der Waals surface area contributed by atoms with Gasteiger partial charge >= 0.3 is 6.03 Å². The van der Waals surface area contributed by atoms with Crippen LogP contribution in [-0.4, -0.2) is 31.2 Å². The zero-order valence-electron chi connectivity index (χ0n) is 20.5. The van der Waals surface area contributed by atoms with Crippen LogP contribution in [0.4, 0.5) is 10.5 Å². The Balaban J connectivity index is 1.78. The summed E-state index contributed by atoms with van der Waals surface area (Å²) in [5, 5.41) is 0.0636. The second-order valence-electron chi connectivity index (χ2n) is 10.5. The maximum atomic E-state index is 13.5. The highest BCUT2D eigenvalue weighted by Crippen LogP contribution is 2.45. The van der Waals surface area contributed by atoms with Crippen LogP contribution in [0.15, 0.2) is 49.0 Å². The summed E-state index contributed by atoms with van der Waals surface area (Å²) in [5.74, 6) is 0.663. The third-order valence-corrected chi connectivity index (χ3v) is 11.8. The van der Waals surface area contributed by atoms with Crippen molar-refractivity contribution in [3.05, 3.63) is 65.7 Å². The van der Waals surface area contributed by atoms with Crippen molar-refractivity contribution in [1.82, 2.24) is 4.90 Å². The first kappa shape index (κ1) is 23.3. The Morgan fingerprint density at radius 1 is 1.12 bits per heavy atom. The monoisotopic (exact) mass is 462 g/mol. The molecule has 0 spiro atoms. The lowest BCUT2D eigenvalue weighted by atomic mass is 9.84. The summed E-state index contributed by atoms with van der Waals surface area (Å²) < 4.78 is 6.66. The summed E-state index contributed by atoms with van der Waals surface area (Å²) >= 11 is 0. The molecule has 0 bridgehead atoms. The number of carbonyl (C=O) groups is 2. The fraction of sp³-hybridized carbons (Fsp3) is 0.407. The zero-order chi connectivity index (χ0) is 24.1. The van der Waals surface area contributed by atoms with E-state index in [-0.39, 0.29) is 23.0 Å². The largest absolute Gasteiger partial charge is 0.543 e. The zero-order valence-corrected chi connectivity index (χ0v) is 21.5. The summed E-state index contributed by atoms with van der Waals surface area (Å²) in [7, 11) is -2.06. The van der Waals surface area contributed by atoms with Gasteiger partial charge < -0.3 is 9.33 Å². The van der Waals surface area contributed by atoms with Crippen LogP contribution in [-0.2, 0) is 11.2 Å². The summed E-state index contributed by atoms with van der Waals surface area (Å²) in [6.45, 7) is 17.3. The van der Waals surface area contributed by atoms with Gasteiger partial charge in [0.2, 0.25) is 0 Å². The Bertz CT molecular complexity index is 1100. The number of benzene rings is 2. The lowest BCUT2D eigenvalue weighted by molar-refractivity contribution is -0.120. The Kier molecular flexibility index (Phi) is 5.77. The van der Waals surface area contributed by atoms with E-state index < -0.39 is 14.4 Å². The Hall–Kier alpha value is -2.86. The number of amides is 3. The third-order valence-electron chi connectivity index (χ3n) is 7.48. The van der Waals surface area contributed by atoms with E-state index in [1.54, 1.807) is 4.90 Å². The molecule has 0 aromatic heterocycles. The first-order chi connectivity index (χ1) is 15.5. The van der Waals surface area contributed by atoms with Gasteiger partial charge in [0.1, 0.15) is 11.8 Å². The van der Waals surface area contributed by atoms with Crippen molar-refractivity contribution in [3.8, 4) is 5.75 Å².